The fourth-order valence-electron chi connectivity index (χ4n) is 1.26. The van der Waals surface area contributed by atoms with E-state index in [2.05, 4.69) is 4.98 Å². The molecule has 2 rings (SSSR count). The third-order valence-electron chi connectivity index (χ3n) is 1.82. The first-order chi connectivity index (χ1) is 6.66. The average Bonchev–Trinajstić information content (AvgIpc) is 2.47. The van der Waals surface area contributed by atoms with Crippen molar-refractivity contribution in [2.45, 2.75) is 10.7 Å². The zero-order valence-corrected chi connectivity index (χ0v) is 8.50. The number of alkyl halides is 2. The Hall–Kier alpha value is -0.740. The number of aromatic nitrogens is 1. The van der Waals surface area contributed by atoms with Gasteiger partial charge in [0.15, 0.2) is 0 Å². The van der Waals surface area contributed by atoms with Gasteiger partial charge in [-0.1, -0.05) is 23.4 Å². The van der Waals surface area contributed by atoms with E-state index in [1.807, 2.05) is 0 Å². The van der Waals surface area contributed by atoms with Crippen molar-refractivity contribution < 1.29 is 8.78 Å². The Kier molecular flexibility index (Phi) is 2.65. The largest absolute Gasteiger partial charge is 0.360 e. The SMILES string of the molecule is FC(F)Sc1c[nH]c2ccc(Cl)cc12. The van der Waals surface area contributed by atoms with Crippen LogP contribution in [0.2, 0.25) is 5.02 Å². The van der Waals surface area contributed by atoms with E-state index in [0.717, 1.165) is 10.9 Å². The van der Waals surface area contributed by atoms with Crippen LogP contribution >= 0.6 is 23.4 Å². The predicted molar refractivity (Wildman–Crippen MR) is 55.2 cm³/mol. The lowest BCUT2D eigenvalue weighted by Crippen LogP contribution is -1.79. The first kappa shape index (κ1) is 9.80. The van der Waals surface area contributed by atoms with Gasteiger partial charge in [-0.05, 0) is 18.2 Å². The maximum absolute atomic E-state index is 12.1. The zero-order chi connectivity index (χ0) is 10.1. The first-order valence-electron chi connectivity index (χ1n) is 3.88. The third-order valence-corrected chi connectivity index (χ3v) is 2.83. The molecule has 0 aliphatic rings. The Morgan fingerprint density at radius 2 is 2.14 bits per heavy atom. The lowest BCUT2D eigenvalue weighted by atomic mass is 10.2. The molecule has 1 N–H and O–H groups in total. The quantitative estimate of drug-likeness (QED) is 0.771. The second-order valence-electron chi connectivity index (χ2n) is 2.72. The van der Waals surface area contributed by atoms with Gasteiger partial charge in [-0.2, -0.15) is 8.78 Å². The van der Waals surface area contributed by atoms with Crippen LogP contribution in [0.25, 0.3) is 10.9 Å². The van der Waals surface area contributed by atoms with Gasteiger partial charge in [0.1, 0.15) is 0 Å². The van der Waals surface area contributed by atoms with Gasteiger partial charge in [0.05, 0.1) is 0 Å². The summed E-state index contributed by atoms with van der Waals surface area (Å²) in [5.74, 6) is -2.41. The summed E-state index contributed by atoms with van der Waals surface area (Å²) in [6, 6.07) is 5.17. The molecule has 0 atom stereocenters. The van der Waals surface area contributed by atoms with Crippen LogP contribution in [0.1, 0.15) is 0 Å². The molecule has 0 saturated heterocycles. The monoisotopic (exact) mass is 233 g/mol. The fourth-order valence-corrected chi connectivity index (χ4v) is 2.05. The van der Waals surface area contributed by atoms with Gasteiger partial charge < -0.3 is 4.98 Å². The number of H-pyrrole nitrogens is 1. The lowest BCUT2D eigenvalue weighted by molar-refractivity contribution is 0.252. The van der Waals surface area contributed by atoms with Gasteiger partial charge in [0, 0.05) is 27.0 Å². The van der Waals surface area contributed by atoms with Gasteiger partial charge in [-0.3, -0.25) is 0 Å². The fraction of sp³-hybridized carbons (Fsp3) is 0.111. The van der Waals surface area contributed by atoms with E-state index in [4.69, 9.17) is 11.6 Å². The van der Waals surface area contributed by atoms with Gasteiger partial charge in [-0.15, -0.1) is 0 Å². The van der Waals surface area contributed by atoms with Crippen molar-refractivity contribution in [2.24, 2.45) is 0 Å². The second-order valence-corrected chi connectivity index (χ2v) is 4.19. The molecule has 0 saturated carbocycles. The van der Waals surface area contributed by atoms with Crippen LogP contribution in [-0.2, 0) is 0 Å². The van der Waals surface area contributed by atoms with E-state index in [9.17, 15) is 8.78 Å². The molecular formula is C9H6ClF2NS. The van der Waals surface area contributed by atoms with Crippen LogP contribution in [0.5, 0.6) is 0 Å². The summed E-state index contributed by atoms with van der Waals surface area (Å²) in [6.45, 7) is 0. The normalized spacial score (nSPS) is 11.4. The molecule has 1 nitrogen and oxygen atoms in total. The molecule has 1 heterocycles. The highest BCUT2D eigenvalue weighted by molar-refractivity contribution is 7.99. The molecule has 0 aliphatic carbocycles. The number of benzene rings is 1. The summed E-state index contributed by atoms with van der Waals surface area (Å²) in [5.41, 5.74) is 0.817. The van der Waals surface area contributed by atoms with Gasteiger partial charge in [-0.25, -0.2) is 0 Å². The molecule has 1 aromatic carbocycles. The molecule has 0 radical (unpaired) electrons. The number of nitrogens with one attached hydrogen (secondary N) is 1. The molecule has 0 unspecified atom stereocenters. The average molecular weight is 234 g/mol. The number of thioether (sulfide) groups is 1. The smallest absolute Gasteiger partial charge is 0.288 e. The van der Waals surface area contributed by atoms with E-state index in [0.29, 0.717) is 21.7 Å². The highest BCUT2D eigenvalue weighted by Gasteiger charge is 2.10. The van der Waals surface area contributed by atoms with Crippen molar-refractivity contribution in [3.63, 3.8) is 0 Å². The minimum absolute atomic E-state index is 0.520. The molecule has 14 heavy (non-hydrogen) atoms. The second kappa shape index (κ2) is 3.79. The van der Waals surface area contributed by atoms with Crippen molar-refractivity contribution in [1.29, 1.82) is 0 Å². The maximum Gasteiger partial charge on any atom is 0.288 e. The Morgan fingerprint density at radius 3 is 2.86 bits per heavy atom. The van der Waals surface area contributed by atoms with Crippen LogP contribution in [0.4, 0.5) is 8.78 Å². The van der Waals surface area contributed by atoms with Gasteiger partial charge in [0.2, 0.25) is 0 Å². The van der Waals surface area contributed by atoms with Crippen molar-refractivity contribution in [2.75, 3.05) is 0 Å². The minimum atomic E-state index is -2.41. The van der Waals surface area contributed by atoms with Crippen molar-refractivity contribution in [3.8, 4) is 0 Å². The van der Waals surface area contributed by atoms with Crippen molar-refractivity contribution >= 4 is 34.3 Å². The van der Waals surface area contributed by atoms with Crippen molar-refractivity contribution in [1.82, 2.24) is 4.98 Å². The van der Waals surface area contributed by atoms with Crippen LogP contribution < -0.4 is 0 Å². The highest BCUT2D eigenvalue weighted by atomic mass is 35.5. The zero-order valence-electron chi connectivity index (χ0n) is 6.93. The van der Waals surface area contributed by atoms with Crippen LogP contribution in [0.3, 0.4) is 0 Å². The first-order valence-corrected chi connectivity index (χ1v) is 5.14. The van der Waals surface area contributed by atoms with Crippen LogP contribution in [0, 0.1) is 0 Å². The summed E-state index contributed by atoms with van der Waals surface area (Å²) in [6.07, 6.45) is 1.57. The molecule has 74 valence electrons. The third kappa shape index (κ3) is 1.86. The molecule has 0 amide bonds. The van der Waals surface area contributed by atoms with E-state index in [-0.39, 0.29) is 0 Å². The maximum atomic E-state index is 12.1. The van der Waals surface area contributed by atoms with E-state index in [1.165, 1.54) is 0 Å². The van der Waals surface area contributed by atoms with E-state index in [1.54, 1.807) is 24.4 Å². The van der Waals surface area contributed by atoms with Crippen molar-refractivity contribution in [3.05, 3.63) is 29.4 Å². The topological polar surface area (TPSA) is 15.8 Å². The number of halogens is 3. The lowest BCUT2D eigenvalue weighted by Gasteiger charge is -1.97. The molecule has 0 aliphatic heterocycles. The Labute approximate surface area is 88.4 Å². The molecule has 2 aromatic rings. The van der Waals surface area contributed by atoms with Crippen LogP contribution in [0.15, 0.2) is 29.3 Å². The molecule has 5 heteroatoms. The highest BCUT2D eigenvalue weighted by Crippen LogP contribution is 2.33. The summed E-state index contributed by atoms with van der Waals surface area (Å²) < 4.78 is 24.3. The Balaban J connectivity index is 2.50. The van der Waals surface area contributed by atoms with Crippen LogP contribution in [-0.4, -0.2) is 10.7 Å². The molecule has 0 bridgehead atoms. The number of rotatable bonds is 2. The van der Waals surface area contributed by atoms with Gasteiger partial charge in [0.25, 0.3) is 5.76 Å². The summed E-state index contributed by atoms with van der Waals surface area (Å²) in [7, 11) is 0. The summed E-state index contributed by atoms with van der Waals surface area (Å²) in [4.78, 5) is 3.43. The van der Waals surface area contributed by atoms with E-state index >= 15 is 0 Å². The molecular weight excluding hydrogens is 228 g/mol. The summed E-state index contributed by atoms with van der Waals surface area (Å²) in [5, 5.41) is 1.29. The number of hydrogen-bond acceptors (Lipinski definition) is 1. The number of fused-ring (bicyclic) bond motifs is 1. The Bertz CT molecular complexity index is 455. The summed E-state index contributed by atoms with van der Waals surface area (Å²) >= 11 is 6.29. The molecule has 1 aromatic heterocycles. The minimum Gasteiger partial charge on any atom is -0.360 e. The Morgan fingerprint density at radius 1 is 1.36 bits per heavy atom. The predicted octanol–water partition coefficient (Wildman–Crippen LogP) is 4.14. The van der Waals surface area contributed by atoms with E-state index < -0.39 is 5.76 Å². The van der Waals surface area contributed by atoms with Gasteiger partial charge >= 0.3 is 0 Å². The standard InChI is InChI=1S/C9H6ClF2NS/c10-5-1-2-7-6(3-5)8(4-13-7)14-9(11)12/h1-4,9,13H. The number of aromatic amines is 1. The molecule has 0 fully saturated rings. The molecule has 0 spiro atoms. The number of hydrogen-bond donors (Lipinski definition) is 1.